The fourth-order valence-corrected chi connectivity index (χ4v) is 7.04. The highest BCUT2D eigenvalue weighted by Gasteiger charge is 2.45. The second kappa shape index (κ2) is 10.9. The number of nitrogens with zero attached hydrogens (tertiary/aromatic N) is 4. The maximum atomic E-state index is 13.7. The van der Waals surface area contributed by atoms with Crippen molar-refractivity contribution in [2.45, 2.75) is 48.9 Å². The molecule has 1 aromatic heterocycles. The van der Waals surface area contributed by atoms with Gasteiger partial charge in [-0.2, -0.15) is 18.4 Å². The highest BCUT2D eigenvalue weighted by Crippen LogP contribution is 2.51. The van der Waals surface area contributed by atoms with E-state index in [2.05, 4.69) is 16.3 Å². The second-order valence-electron chi connectivity index (χ2n) is 10.6. The molecule has 2 N–H and O–H groups in total. The Morgan fingerprint density at radius 2 is 1.95 bits per heavy atom. The third-order valence-corrected chi connectivity index (χ3v) is 9.12. The Labute approximate surface area is 243 Å². The summed E-state index contributed by atoms with van der Waals surface area (Å²) in [6, 6.07) is 14.6. The number of halogens is 3. The van der Waals surface area contributed by atoms with E-state index in [1.165, 1.54) is 29.2 Å². The lowest BCUT2D eigenvalue weighted by Gasteiger charge is -2.42. The van der Waals surface area contributed by atoms with Gasteiger partial charge in [0.05, 0.1) is 30.2 Å². The molecule has 1 aliphatic heterocycles. The number of anilines is 1. The molecule has 1 aliphatic carbocycles. The summed E-state index contributed by atoms with van der Waals surface area (Å²) in [6.07, 6.45) is -3.60. The molecular weight excluding hydrogens is 571 g/mol. The molecule has 2 aromatic carbocycles. The smallest absolute Gasteiger partial charge is 0.416 e. The first kappa shape index (κ1) is 28.7. The highest BCUT2D eigenvalue weighted by atomic mass is 32.2. The van der Waals surface area contributed by atoms with Crippen molar-refractivity contribution in [2.24, 2.45) is 11.1 Å². The van der Waals surface area contributed by atoms with Gasteiger partial charge in [-0.05, 0) is 41.2 Å². The van der Waals surface area contributed by atoms with Gasteiger partial charge in [0.15, 0.2) is 10.1 Å². The van der Waals surface area contributed by atoms with Gasteiger partial charge in [0.25, 0.3) is 0 Å². The van der Waals surface area contributed by atoms with E-state index >= 15 is 0 Å². The maximum Gasteiger partial charge on any atom is 0.416 e. The van der Waals surface area contributed by atoms with Crippen molar-refractivity contribution in [2.75, 3.05) is 12.0 Å². The van der Waals surface area contributed by atoms with Crippen LogP contribution < -0.4 is 15.4 Å². The van der Waals surface area contributed by atoms with E-state index in [4.69, 9.17) is 10.5 Å². The van der Waals surface area contributed by atoms with Crippen molar-refractivity contribution in [1.82, 2.24) is 10.2 Å². The summed E-state index contributed by atoms with van der Waals surface area (Å²) in [6.45, 7) is 4.01. The van der Waals surface area contributed by atoms with Crippen molar-refractivity contribution < 1.29 is 22.7 Å². The van der Waals surface area contributed by atoms with Crippen LogP contribution in [0.25, 0.3) is 0 Å². The van der Waals surface area contributed by atoms with Crippen LogP contribution in [0.3, 0.4) is 0 Å². The fraction of sp³-hybridized carbons (Fsp3) is 0.310. The van der Waals surface area contributed by atoms with Crippen molar-refractivity contribution in [3.63, 3.8) is 0 Å². The summed E-state index contributed by atoms with van der Waals surface area (Å²) < 4.78 is 45.3. The predicted octanol–water partition coefficient (Wildman–Crippen LogP) is 6.80. The van der Waals surface area contributed by atoms with E-state index in [0.29, 0.717) is 44.9 Å². The molecule has 2 aliphatic rings. The van der Waals surface area contributed by atoms with Crippen LogP contribution in [0, 0.1) is 16.7 Å². The molecule has 12 heteroatoms. The molecule has 2 heterocycles. The number of carbonyl (C=O) groups is 1. The van der Waals surface area contributed by atoms with Gasteiger partial charge < -0.3 is 10.5 Å². The summed E-state index contributed by atoms with van der Waals surface area (Å²) in [5, 5.41) is 19.2. The Kier molecular flexibility index (Phi) is 7.61. The second-order valence-corrected chi connectivity index (χ2v) is 12.8. The number of thioether (sulfide) groups is 1. The minimum atomic E-state index is -4.42. The van der Waals surface area contributed by atoms with Crippen LogP contribution in [0.15, 0.2) is 75.5 Å². The third kappa shape index (κ3) is 5.69. The average molecular weight is 598 g/mol. The zero-order valence-electron chi connectivity index (χ0n) is 22.5. The van der Waals surface area contributed by atoms with Crippen molar-refractivity contribution in [3.05, 3.63) is 87.9 Å². The van der Waals surface area contributed by atoms with Crippen LogP contribution in [-0.4, -0.2) is 23.1 Å². The molecule has 7 nitrogen and oxygen atoms in total. The van der Waals surface area contributed by atoms with Gasteiger partial charge >= 0.3 is 6.18 Å². The lowest BCUT2D eigenvalue weighted by atomic mass is 9.68. The molecular formula is C29H26F3N5O2S2. The number of allylic oxidation sites excluding steroid dienone is 3. The largest absolute Gasteiger partial charge is 0.497 e. The van der Waals surface area contributed by atoms with Gasteiger partial charge in [0.1, 0.15) is 11.6 Å². The molecule has 0 bridgehead atoms. The number of Topliss-reactive ketones (excluding diaryl/α,β-unsaturated/α-hetero) is 1. The molecule has 0 radical (unpaired) electrons. The summed E-state index contributed by atoms with van der Waals surface area (Å²) >= 11 is 2.45. The lowest BCUT2D eigenvalue weighted by Crippen LogP contribution is -2.42. The zero-order valence-corrected chi connectivity index (χ0v) is 24.1. The molecule has 3 aromatic rings. The van der Waals surface area contributed by atoms with Gasteiger partial charge in [-0.15, -0.1) is 10.2 Å². The minimum absolute atomic E-state index is 0.0713. The standard InChI is InChI=1S/C29H26F3N5O2S2/c1-28(2)12-21-24(22(38)13-28)23(17-7-5-9-19(11-17)39-3)20(14-33)25(34)37(21)26-35-36-27(41-26)40-15-16-6-4-8-18(10-16)29(30,31)32/h4-11,23H,12-13,15,34H2,1-3H3/t23-/m0/s1. The van der Waals surface area contributed by atoms with Crippen LogP contribution in [0.5, 0.6) is 5.75 Å². The molecule has 0 unspecified atom stereocenters. The number of nitrogens with two attached hydrogens (primary N) is 1. The van der Waals surface area contributed by atoms with E-state index in [0.717, 1.165) is 17.7 Å². The number of methoxy groups -OCH3 is 1. The molecule has 1 atom stereocenters. The van der Waals surface area contributed by atoms with Crippen molar-refractivity contribution >= 4 is 34.0 Å². The van der Waals surface area contributed by atoms with Gasteiger partial charge in [0, 0.05) is 23.4 Å². The van der Waals surface area contributed by atoms with Crippen molar-refractivity contribution in [3.8, 4) is 11.8 Å². The molecule has 0 saturated carbocycles. The maximum absolute atomic E-state index is 13.7. The fourth-order valence-electron chi connectivity index (χ4n) is 5.22. The Bertz CT molecular complexity index is 1620. The van der Waals surface area contributed by atoms with Crippen LogP contribution in [0.1, 0.15) is 49.3 Å². The van der Waals surface area contributed by atoms with E-state index < -0.39 is 17.7 Å². The number of aromatic nitrogens is 2. The molecule has 0 amide bonds. The Hall–Kier alpha value is -3.82. The van der Waals surface area contributed by atoms with Gasteiger partial charge in [0.2, 0.25) is 5.13 Å². The normalized spacial score (nSPS) is 18.8. The molecule has 212 valence electrons. The summed E-state index contributed by atoms with van der Waals surface area (Å²) in [5.74, 6) is 0.281. The number of carbonyl (C=O) groups excluding carboxylic acids is 1. The number of alkyl halides is 3. The van der Waals surface area contributed by atoms with Crippen LogP contribution >= 0.6 is 23.1 Å². The monoisotopic (exact) mass is 597 g/mol. The lowest BCUT2D eigenvalue weighted by molar-refractivity contribution is -0.137. The van der Waals surface area contributed by atoms with E-state index in [1.807, 2.05) is 26.0 Å². The van der Waals surface area contributed by atoms with Gasteiger partial charge in [-0.3, -0.25) is 9.69 Å². The van der Waals surface area contributed by atoms with E-state index in [-0.39, 0.29) is 28.3 Å². The highest BCUT2D eigenvalue weighted by molar-refractivity contribution is 8.00. The molecule has 0 saturated heterocycles. The predicted molar refractivity (Wildman–Crippen MR) is 151 cm³/mol. The Morgan fingerprint density at radius 1 is 1.20 bits per heavy atom. The summed E-state index contributed by atoms with van der Waals surface area (Å²) in [4.78, 5) is 15.3. The summed E-state index contributed by atoms with van der Waals surface area (Å²) in [7, 11) is 1.55. The van der Waals surface area contributed by atoms with E-state index in [9.17, 15) is 23.2 Å². The minimum Gasteiger partial charge on any atom is -0.497 e. The number of ether oxygens (including phenoxy) is 1. The zero-order chi connectivity index (χ0) is 29.5. The average Bonchev–Trinajstić information content (AvgIpc) is 3.38. The SMILES string of the molecule is COc1cccc([C@H]2C(C#N)=C(N)N(c3nnc(SCc4cccc(C(F)(F)F)c4)s3)C3=C2C(=O)CC(C)(C)C3)c1. The number of hydrogen-bond donors (Lipinski definition) is 1. The molecule has 0 fully saturated rings. The Morgan fingerprint density at radius 3 is 2.66 bits per heavy atom. The Balaban J connectivity index is 1.53. The van der Waals surface area contributed by atoms with Gasteiger partial charge in [-0.25, -0.2) is 0 Å². The number of benzene rings is 2. The van der Waals surface area contributed by atoms with Crippen molar-refractivity contribution in [1.29, 1.82) is 5.26 Å². The number of nitriles is 1. The quantitative estimate of drug-likeness (QED) is 0.310. The number of ketones is 1. The molecule has 41 heavy (non-hydrogen) atoms. The molecule has 5 rings (SSSR count). The first-order chi connectivity index (χ1) is 19.4. The van der Waals surface area contributed by atoms with Gasteiger partial charge in [-0.1, -0.05) is 67.3 Å². The topological polar surface area (TPSA) is 105 Å². The summed E-state index contributed by atoms with van der Waals surface area (Å²) in [5.41, 5.74) is 8.20. The third-order valence-electron chi connectivity index (χ3n) is 7.01. The van der Waals surface area contributed by atoms with E-state index in [1.54, 1.807) is 30.2 Å². The van der Waals surface area contributed by atoms with Crippen LogP contribution in [0.4, 0.5) is 18.3 Å². The molecule has 0 spiro atoms. The first-order valence-corrected chi connectivity index (χ1v) is 14.4. The van der Waals surface area contributed by atoms with Crippen LogP contribution in [-0.2, 0) is 16.7 Å². The van der Waals surface area contributed by atoms with Crippen LogP contribution in [0.2, 0.25) is 0 Å². The first-order valence-electron chi connectivity index (χ1n) is 12.6. The number of hydrogen-bond acceptors (Lipinski definition) is 9. The number of rotatable bonds is 6.